The summed E-state index contributed by atoms with van der Waals surface area (Å²) in [5, 5.41) is 3.72. The zero-order valence-corrected chi connectivity index (χ0v) is 15.3. The lowest BCUT2D eigenvalue weighted by Gasteiger charge is -2.43. The van der Waals surface area contributed by atoms with E-state index in [4.69, 9.17) is 4.74 Å². The average Bonchev–Trinajstić information content (AvgIpc) is 2.44. The largest absolute Gasteiger partial charge is 0.381 e. The molecule has 21 heavy (non-hydrogen) atoms. The van der Waals surface area contributed by atoms with Gasteiger partial charge in [0, 0.05) is 37.2 Å². The van der Waals surface area contributed by atoms with Crippen LogP contribution in [0.5, 0.6) is 0 Å². The highest BCUT2D eigenvalue weighted by molar-refractivity contribution is 4.89. The molecule has 0 aromatic carbocycles. The van der Waals surface area contributed by atoms with E-state index in [2.05, 4.69) is 51.8 Å². The summed E-state index contributed by atoms with van der Waals surface area (Å²) in [7, 11) is 0. The van der Waals surface area contributed by atoms with Gasteiger partial charge in [0.2, 0.25) is 0 Å². The Bertz CT molecular complexity index is 279. The van der Waals surface area contributed by atoms with Gasteiger partial charge in [-0.3, -0.25) is 0 Å². The first-order chi connectivity index (χ1) is 9.80. The van der Waals surface area contributed by atoms with E-state index in [1.54, 1.807) is 0 Å². The number of rotatable bonds is 8. The fourth-order valence-corrected chi connectivity index (χ4v) is 3.03. The Labute approximate surface area is 132 Å². The molecular weight excluding hydrogens is 260 g/mol. The van der Waals surface area contributed by atoms with Crippen molar-refractivity contribution in [2.45, 2.75) is 66.3 Å². The van der Waals surface area contributed by atoms with Crippen LogP contribution in [0.1, 0.15) is 60.8 Å². The average molecular weight is 299 g/mol. The Morgan fingerprint density at radius 3 is 2.48 bits per heavy atom. The minimum absolute atomic E-state index is 0.179. The third kappa shape index (κ3) is 7.12. The first-order valence-electron chi connectivity index (χ1n) is 8.85. The van der Waals surface area contributed by atoms with Crippen molar-refractivity contribution in [2.75, 3.05) is 39.4 Å². The summed E-state index contributed by atoms with van der Waals surface area (Å²) < 4.78 is 5.86. The van der Waals surface area contributed by atoms with Crippen LogP contribution in [-0.4, -0.2) is 49.8 Å². The predicted molar refractivity (Wildman–Crippen MR) is 91.8 cm³/mol. The molecule has 126 valence electrons. The molecule has 2 unspecified atom stereocenters. The first-order valence-corrected chi connectivity index (χ1v) is 8.85. The third-order valence-electron chi connectivity index (χ3n) is 4.67. The Hall–Kier alpha value is -0.120. The highest BCUT2D eigenvalue weighted by Crippen LogP contribution is 2.30. The van der Waals surface area contributed by atoms with Crippen LogP contribution >= 0.6 is 0 Å². The van der Waals surface area contributed by atoms with E-state index in [1.165, 1.54) is 25.8 Å². The maximum atomic E-state index is 5.86. The van der Waals surface area contributed by atoms with Gasteiger partial charge >= 0.3 is 0 Å². The van der Waals surface area contributed by atoms with Gasteiger partial charge in [-0.1, -0.05) is 27.2 Å². The molecule has 0 radical (unpaired) electrons. The monoisotopic (exact) mass is 298 g/mol. The van der Waals surface area contributed by atoms with Gasteiger partial charge in [0.1, 0.15) is 0 Å². The van der Waals surface area contributed by atoms with Crippen molar-refractivity contribution in [2.24, 2.45) is 11.3 Å². The standard InChI is InChI=1S/C18H38N2O/c1-7-16(3)12-20(8-2)14-18(10-9-11-21-15-18)13-19-17(4,5)6/h16,19H,7-15H2,1-6H3. The van der Waals surface area contributed by atoms with Crippen LogP contribution in [0.25, 0.3) is 0 Å². The fourth-order valence-electron chi connectivity index (χ4n) is 3.03. The third-order valence-corrected chi connectivity index (χ3v) is 4.67. The van der Waals surface area contributed by atoms with Gasteiger partial charge in [-0.15, -0.1) is 0 Å². The molecule has 0 aromatic heterocycles. The molecule has 1 aliphatic rings. The van der Waals surface area contributed by atoms with Crippen molar-refractivity contribution in [3.05, 3.63) is 0 Å². The molecule has 1 aliphatic heterocycles. The summed E-state index contributed by atoms with van der Waals surface area (Å²) in [4.78, 5) is 2.63. The number of nitrogens with zero attached hydrogens (tertiary/aromatic N) is 1. The zero-order valence-electron chi connectivity index (χ0n) is 15.3. The molecule has 0 saturated carbocycles. The van der Waals surface area contributed by atoms with Crippen LogP contribution < -0.4 is 5.32 Å². The van der Waals surface area contributed by atoms with E-state index < -0.39 is 0 Å². The minimum Gasteiger partial charge on any atom is -0.381 e. The smallest absolute Gasteiger partial charge is 0.0546 e. The summed E-state index contributed by atoms with van der Waals surface area (Å²) >= 11 is 0. The van der Waals surface area contributed by atoms with Crippen molar-refractivity contribution < 1.29 is 4.74 Å². The Morgan fingerprint density at radius 1 is 1.29 bits per heavy atom. The molecule has 2 atom stereocenters. The van der Waals surface area contributed by atoms with Crippen molar-refractivity contribution in [3.63, 3.8) is 0 Å². The van der Waals surface area contributed by atoms with E-state index in [-0.39, 0.29) is 11.0 Å². The van der Waals surface area contributed by atoms with E-state index in [9.17, 15) is 0 Å². The summed E-state index contributed by atoms with van der Waals surface area (Å²) in [5.41, 5.74) is 0.465. The van der Waals surface area contributed by atoms with Crippen LogP contribution in [0.3, 0.4) is 0 Å². The van der Waals surface area contributed by atoms with Gasteiger partial charge < -0.3 is 15.0 Å². The van der Waals surface area contributed by atoms with Crippen LogP contribution in [0.4, 0.5) is 0 Å². The summed E-state index contributed by atoms with van der Waals surface area (Å²) in [6, 6.07) is 0. The maximum Gasteiger partial charge on any atom is 0.0546 e. The molecule has 0 bridgehead atoms. The topological polar surface area (TPSA) is 24.5 Å². The molecule has 1 saturated heterocycles. The summed E-state index contributed by atoms with van der Waals surface area (Å²) in [5.74, 6) is 0.780. The SMILES string of the molecule is CCC(C)CN(CC)CC1(CNC(C)(C)C)CCCOC1. The second kappa shape index (κ2) is 8.50. The lowest BCUT2D eigenvalue weighted by molar-refractivity contribution is -0.0298. The second-order valence-electron chi connectivity index (χ2n) is 8.10. The second-order valence-corrected chi connectivity index (χ2v) is 8.10. The van der Waals surface area contributed by atoms with Crippen molar-refractivity contribution in [3.8, 4) is 0 Å². The van der Waals surface area contributed by atoms with Gasteiger partial charge in [0.15, 0.2) is 0 Å². The quantitative estimate of drug-likeness (QED) is 0.742. The van der Waals surface area contributed by atoms with E-state index in [0.717, 1.165) is 38.8 Å². The van der Waals surface area contributed by atoms with Crippen molar-refractivity contribution >= 4 is 0 Å². The number of ether oxygens (including phenoxy) is 1. The van der Waals surface area contributed by atoms with Crippen LogP contribution in [0.15, 0.2) is 0 Å². The molecule has 1 fully saturated rings. The summed E-state index contributed by atoms with van der Waals surface area (Å²) in [6.45, 7) is 20.1. The molecular formula is C18H38N2O. The number of hydrogen-bond donors (Lipinski definition) is 1. The number of nitrogens with one attached hydrogen (secondary N) is 1. The fraction of sp³-hybridized carbons (Fsp3) is 1.00. The van der Waals surface area contributed by atoms with Crippen LogP contribution in [-0.2, 0) is 4.74 Å². The van der Waals surface area contributed by atoms with Crippen molar-refractivity contribution in [1.82, 2.24) is 10.2 Å². The molecule has 0 spiro atoms. The molecule has 0 amide bonds. The van der Waals surface area contributed by atoms with E-state index in [1.807, 2.05) is 0 Å². The Morgan fingerprint density at radius 2 is 2.00 bits per heavy atom. The molecule has 1 heterocycles. The maximum absolute atomic E-state index is 5.86. The van der Waals surface area contributed by atoms with Crippen molar-refractivity contribution in [1.29, 1.82) is 0 Å². The molecule has 0 aliphatic carbocycles. The molecule has 1 N–H and O–H groups in total. The first kappa shape index (κ1) is 18.9. The van der Waals surface area contributed by atoms with E-state index in [0.29, 0.717) is 0 Å². The van der Waals surface area contributed by atoms with Crippen LogP contribution in [0, 0.1) is 11.3 Å². The molecule has 1 rings (SSSR count). The minimum atomic E-state index is 0.179. The molecule has 3 heteroatoms. The number of hydrogen-bond acceptors (Lipinski definition) is 3. The predicted octanol–water partition coefficient (Wildman–Crippen LogP) is 3.54. The van der Waals surface area contributed by atoms with Gasteiger partial charge in [0.25, 0.3) is 0 Å². The van der Waals surface area contributed by atoms with Gasteiger partial charge in [0.05, 0.1) is 6.61 Å². The Balaban J connectivity index is 2.66. The Kier molecular flexibility index (Phi) is 7.66. The molecule has 3 nitrogen and oxygen atoms in total. The van der Waals surface area contributed by atoms with Gasteiger partial charge in [-0.25, -0.2) is 0 Å². The summed E-state index contributed by atoms with van der Waals surface area (Å²) in [6.07, 6.45) is 3.75. The lowest BCUT2D eigenvalue weighted by atomic mass is 9.81. The zero-order chi connectivity index (χ0) is 15.9. The highest BCUT2D eigenvalue weighted by Gasteiger charge is 2.35. The highest BCUT2D eigenvalue weighted by atomic mass is 16.5. The van der Waals surface area contributed by atoms with Gasteiger partial charge in [-0.05, 0) is 46.1 Å². The van der Waals surface area contributed by atoms with E-state index >= 15 is 0 Å². The van der Waals surface area contributed by atoms with Gasteiger partial charge in [-0.2, -0.15) is 0 Å². The van der Waals surface area contributed by atoms with Crippen LogP contribution in [0.2, 0.25) is 0 Å². The normalized spacial score (nSPS) is 25.3. The lowest BCUT2D eigenvalue weighted by Crippen LogP contribution is -2.52. The molecule has 0 aromatic rings.